The molecular formula is C19H31NO. The second kappa shape index (κ2) is 7.84. The third-order valence-electron chi connectivity index (χ3n) is 5.04. The molecule has 0 radical (unpaired) electrons. The summed E-state index contributed by atoms with van der Waals surface area (Å²) in [5.74, 6) is 1.06. The van der Waals surface area contributed by atoms with Crippen LogP contribution >= 0.6 is 0 Å². The van der Waals surface area contributed by atoms with Gasteiger partial charge in [-0.1, -0.05) is 44.9 Å². The lowest BCUT2D eigenvalue weighted by atomic mass is 9.73. The van der Waals surface area contributed by atoms with Gasteiger partial charge in [0.15, 0.2) is 0 Å². The van der Waals surface area contributed by atoms with Crippen LogP contribution in [0.15, 0.2) is 24.3 Å². The molecule has 0 aliphatic heterocycles. The Kier molecular flexibility index (Phi) is 6.10. The summed E-state index contributed by atoms with van der Waals surface area (Å²) in [5.41, 5.74) is 1.76. The minimum Gasteiger partial charge on any atom is -0.494 e. The molecule has 1 aliphatic rings. The lowest BCUT2D eigenvalue weighted by molar-refractivity contribution is 0.182. The lowest BCUT2D eigenvalue weighted by Gasteiger charge is -2.38. The van der Waals surface area contributed by atoms with Gasteiger partial charge in [0.05, 0.1) is 6.61 Å². The normalized spacial score (nSPS) is 18.6. The fourth-order valence-corrected chi connectivity index (χ4v) is 3.88. The number of nitrogens with one attached hydrogen (secondary N) is 1. The Bertz CT molecular complexity index is 423. The number of benzene rings is 1. The first-order valence-corrected chi connectivity index (χ1v) is 8.72. The second-order valence-corrected chi connectivity index (χ2v) is 6.28. The van der Waals surface area contributed by atoms with E-state index in [1.165, 1.54) is 44.1 Å². The van der Waals surface area contributed by atoms with E-state index in [2.05, 4.69) is 50.4 Å². The van der Waals surface area contributed by atoms with Gasteiger partial charge in [-0.2, -0.15) is 0 Å². The fraction of sp³-hybridized carbons (Fsp3) is 0.684. The van der Waals surface area contributed by atoms with Gasteiger partial charge in [0, 0.05) is 11.6 Å². The summed E-state index contributed by atoms with van der Waals surface area (Å²) in [7, 11) is 0. The highest BCUT2D eigenvalue weighted by molar-refractivity contribution is 5.37. The van der Waals surface area contributed by atoms with E-state index in [9.17, 15) is 0 Å². The Hall–Kier alpha value is -1.02. The van der Waals surface area contributed by atoms with Gasteiger partial charge in [0.1, 0.15) is 5.75 Å². The van der Waals surface area contributed by atoms with E-state index in [0.29, 0.717) is 11.5 Å². The zero-order valence-electron chi connectivity index (χ0n) is 14.0. The summed E-state index contributed by atoms with van der Waals surface area (Å²) >= 11 is 0. The van der Waals surface area contributed by atoms with Crippen LogP contribution in [-0.2, 0) is 0 Å². The Labute approximate surface area is 130 Å². The molecule has 1 aromatic rings. The first-order chi connectivity index (χ1) is 10.3. The number of rotatable bonds is 8. The van der Waals surface area contributed by atoms with Crippen molar-refractivity contribution >= 4 is 0 Å². The highest BCUT2D eigenvalue weighted by atomic mass is 16.5. The van der Waals surface area contributed by atoms with Crippen LogP contribution in [0.4, 0.5) is 0 Å². The SMILES string of the molecule is CCCNC(c1ccccc1OCC)C1(CC)CCCC1. The Balaban J connectivity index is 2.35. The predicted molar refractivity (Wildman–Crippen MR) is 89.8 cm³/mol. The van der Waals surface area contributed by atoms with Crippen LogP contribution in [0.5, 0.6) is 5.75 Å². The quantitative estimate of drug-likeness (QED) is 0.719. The van der Waals surface area contributed by atoms with Gasteiger partial charge in [-0.05, 0) is 50.6 Å². The summed E-state index contributed by atoms with van der Waals surface area (Å²) in [6.45, 7) is 8.47. The molecule has 118 valence electrons. The van der Waals surface area contributed by atoms with Gasteiger partial charge in [-0.25, -0.2) is 0 Å². The summed E-state index contributed by atoms with van der Waals surface area (Å²) in [5, 5.41) is 3.84. The van der Waals surface area contributed by atoms with Gasteiger partial charge in [-0.3, -0.25) is 0 Å². The number of ether oxygens (including phenoxy) is 1. The van der Waals surface area contributed by atoms with Crippen molar-refractivity contribution in [3.8, 4) is 5.75 Å². The summed E-state index contributed by atoms with van der Waals surface area (Å²) < 4.78 is 5.91. The highest BCUT2D eigenvalue weighted by Crippen LogP contribution is 2.51. The van der Waals surface area contributed by atoms with Gasteiger partial charge in [0.2, 0.25) is 0 Å². The molecule has 2 heteroatoms. The minimum atomic E-state index is 0.405. The molecule has 1 unspecified atom stereocenters. The van der Waals surface area contributed by atoms with Gasteiger partial charge >= 0.3 is 0 Å². The van der Waals surface area contributed by atoms with Crippen molar-refractivity contribution in [2.75, 3.05) is 13.2 Å². The molecule has 1 aliphatic carbocycles. The topological polar surface area (TPSA) is 21.3 Å². The van der Waals surface area contributed by atoms with Crippen molar-refractivity contribution in [1.82, 2.24) is 5.32 Å². The smallest absolute Gasteiger partial charge is 0.124 e. The molecule has 0 heterocycles. The first kappa shape index (κ1) is 16.4. The third-order valence-corrected chi connectivity index (χ3v) is 5.04. The van der Waals surface area contributed by atoms with Crippen LogP contribution in [0.2, 0.25) is 0 Å². The van der Waals surface area contributed by atoms with Crippen LogP contribution in [0.25, 0.3) is 0 Å². The second-order valence-electron chi connectivity index (χ2n) is 6.28. The van der Waals surface area contributed by atoms with E-state index < -0.39 is 0 Å². The maximum Gasteiger partial charge on any atom is 0.124 e. The summed E-state index contributed by atoms with van der Waals surface area (Å²) in [4.78, 5) is 0. The number of hydrogen-bond donors (Lipinski definition) is 1. The standard InChI is InChI=1S/C19H31NO/c1-4-15-20-18(19(5-2)13-9-10-14-19)16-11-7-8-12-17(16)21-6-3/h7-8,11-12,18,20H,4-6,9-10,13-15H2,1-3H3. The maximum absolute atomic E-state index is 5.91. The van der Waals surface area contributed by atoms with Crippen LogP contribution in [0.3, 0.4) is 0 Å². The summed E-state index contributed by atoms with van der Waals surface area (Å²) in [6, 6.07) is 9.04. The van der Waals surface area contributed by atoms with E-state index in [4.69, 9.17) is 4.74 Å². The van der Waals surface area contributed by atoms with Crippen LogP contribution in [-0.4, -0.2) is 13.2 Å². The average Bonchev–Trinajstić information content (AvgIpc) is 2.99. The van der Waals surface area contributed by atoms with Crippen molar-refractivity contribution in [3.63, 3.8) is 0 Å². The third kappa shape index (κ3) is 3.60. The molecule has 0 saturated heterocycles. The van der Waals surface area contributed by atoms with E-state index in [1.54, 1.807) is 0 Å². The van der Waals surface area contributed by atoms with Crippen LogP contribution in [0.1, 0.15) is 70.9 Å². The molecule has 0 spiro atoms. The molecule has 1 atom stereocenters. The zero-order chi connectivity index (χ0) is 15.1. The summed E-state index contributed by atoms with van der Waals surface area (Å²) in [6.07, 6.45) is 7.84. The molecule has 0 aromatic heterocycles. The average molecular weight is 289 g/mol. The van der Waals surface area contributed by atoms with Crippen LogP contribution < -0.4 is 10.1 Å². The van der Waals surface area contributed by atoms with Gasteiger partial charge < -0.3 is 10.1 Å². The Morgan fingerprint density at radius 3 is 2.48 bits per heavy atom. The van der Waals surface area contributed by atoms with Crippen molar-refractivity contribution < 1.29 is 4.74 Å². The van der Waals surface area contributed by atoms with E-state index >= 15 is 0 Å². The molecule has 1 N–H and O–H groups in total. The molecule has 0 amide bonds. The van der Waals surface area contributed by atoms with Crippen LogP contribution in [0, 0.1) is 5.41 Å². The molecule has 21 heavy (non-hydrogen) atoms. The first-order valence-electron chi connectivity index (χ1n) is 8.72. The van der Waals surface area contributed by atoms with E-state index in [1.807, 2.05) is 0 Å². The Morgan fingerprint density at radius 2 is 1.86 bits per heavy atom. The molecular weight excluding hydrogens is 258 g/mol. The van der Waals surface area contributed by atoms with Crippen molar-refractivity contribution in [3.05, 3.63) is 29.8 Å². The van der Waals surface area contributed by atoms with Gasteiger partial charge in [-0.15, -0.1) is 0 Å². The molecule has 0 bridgehead atoms. The minimum absolute atomic E-state index is 0.405. The zero-order valence-corrected chi connectivity index (χ0v) is 14.0. The Morgan fingerprint density at radius 1 is 1.14 bits per heavy atom. The predicted octanol–water partition coefficient (Wildman–Crippen LogP) is 5.10. The number of hydrogen-bond acceptors (Lipinski definition) is 2. The van der Waals surface area contributed by atoms with Crippen molar-refractivity contribution in [2.24, 2.45) is 5.41 Å². The van der Waals surface area contributed by atoms with E-state index in [0.717, 1.165) is 18.9 Å². The highest BCUT2D eigenvalue weighted by Gasteiger charge is 2.41. The lowest BCUT2D eigenvalue weighted by Crippen LogP contribution is -2.37. The molecule has 2 rings (SSSR count). The molecule has 1 saturated carbocycles. The largest absolute Gasteiger partial charge is 0.494 e. The molecule has 1 fully saturated rings. The maximum atomic E-state index is 5.91. The van der Waals surface area contributed by atoms with Crippen molar-refractivity contribution in [2.45, 2.75) is 65.3 Å². The fourth-order valence-electron chi connectivity index (χ4n) is 3.88. The molecule has 1 aromatic carbocycles. The van der Waals surface area contributed by atoms with Gasteiger partial charge in [0.25, 0.3) is 0 Å². The van der Waals surface area contributed by atoms with Crippen molar-refractivity contribution in [1.29, 1.82) is 0 Å². The molecule has 2 nitrogen and oxygen atoms in total. The van der Waals surface area contributed by atoms with E-state index in [-0.39, 0.29) is 0 Å². The monoisotopic (exact) mass is 289 g/mol. The number of para-hydroxylation sites is 1.